The van der Waals surface area contributed by atoms with Gasteiger partial charge in [-0.3, -0.25) is 0 Å². The molecule has 172 valence electrons. The largest absolute Gasteiger partial charge is 0.493 e. The molecule has 9 heteroatoms. The van der Waals surface area contributed by atoms with E-state index < -0.39 is 0 Å². The molecule has 1 N–H and O–H groups in total. The molecule has 0 aliphatic heterocycles. The number of thiazole rings is 1. The Hall–Kier alpha value is -2.62. The summed E-state index contributed by atoms with van der Waals surface area (Å²) in [5.74, 6) is 2.26. The fourth-order valence-corrected chi connectivity index (χ4v) is 5.82. The Morgan fingerprint density at radius 1 is 0.970 bits per heavy atom. The van der Waals surface area contributed by atoms with Crippen LogP contribution in [0.15, 0.2) is 52.2 Å². The monoisotopic (exact) mass is 498 g/mol. The summed E-state index contributed by atoms with van der Waals surface area (Å²) in [6.45, 7) is 2.93. The Morgan fingerprint density at radius 3 is 2.52 bits per heavy atom. The molecule has 0 aliphatic carbocycles. The fourth-order valence-electron chi connectivity index (χ4n) is 3.21. The lowest BCUT2D eigenvalue weighted by atomic mass is 10.1. The second-order valence-electron chi connectivity index (χ2n) is 7.22. The van der Waals surface area contributed by atoms with Crippen molar-refractivity contribution in [3.63, 3.8) is 0 Å². The van der Waals surface area contributed by atoms with Crippen LogP contribution in [-0.4, -0.2) is 35.9 Å². The van der Waals surface area contributed by atoms with Crippen molar-refractivity contribution in [2.45, 2.75) is 29.9 Å². The van der Waals surface area contributed by atoms with Crippen LogP contribution < -0.4 is 14.8 Å². The van der Waals surface area contributed by atoms with E-state index in [0.717, 1.165) is 56.8 Å². The summed E-state index contributed by atoms with van der Waals surface area (Å²) in [4.78, 5) is 4.79. The van der Waals surface area contributed by atoms with Crippen LogP contribution in [0.2, 0.25) is 0 Å². The number of aryl methyl sites for hydroxylation is 1. The zero-order chi connectivity index (χ0) is 23.0. The number of aromatic nitrogens is 3. The molecule has 0 unspecified atom stereocenters. The lowest BCUT2D eigenvalue weighted by Crippen LogP contribution is -2.04. The number of ether oxygens (including phenoxy) is 2. The van der Waals surface area contributed by atoms with Crippen LogP contribution >= 0.6 is 34.4 Å². The van der Waals surface area contributed by atoms with Crippen molar-refractivity contribution in [2.75, 3.05) is 26.1 Å². The van der Waals surface area contributed by atoms with Gasteiger partial charge in [0, 0.05) is 23.2 Å². The van der Waals surface area contributed by atoms with Crippen molar-refractivity contribution in [1.29, 1.82) is 0 Å². The van der Waals surface area contributed by atoms with Crippen LogP contribution in [0.1, 0.15) is 23.7 Å². The van der Waals surface area contributed by atoms with Crippen LogP contribution in [0.5, 0.6) is 11.5 Å². The van der Waals surface area contributed by atoms with Crippen molar-refractivity contribution in [3.05, 3.63) is 64.7 Å². The van der Waals surface area contributed by atoms with E-state index in [1.54, 1.807) is 48.7 Å². The molecule has 0 radical (unpaired) electrons. The Bertz CT molecular complexity index is 1170. The second-order valence-corrected chi connectivity index (χ2v) is 10.3. The van der Waals surface area contributed by atoms with Gasteiger partial charge in [-0.1, -0.05) is 60.4 Å². The zero-order valence-corrected chi connectivity index (χ0v) is 21.3. The topological polar surface area (TPSA) is 69.2 Å². The Kier molecular flexibility index (Phi) is 8.20. The maximum absolute atomic E-state index is 5.37. The molecule has 0 spiro atoms. The Labute approximate surface area is 206 Å². The van der Waals surface area contributed by atoms with Crippen molar-refractivity contribution >= 4 is 39.6 Å². The van der Waals surface area contributed by atoms with Gasteiger partial charge in [-0.2, -0.15) is 0 Å². The van der Waals surface area contributed by atoms with E-state index in [4.69, 9.17) is 14.5 Å². The van der Waals surface area contributed by atoms with E-state index in [-0.39, 0.29) is 0 Å². The number of nitrogens with zero attached hydrogens (tertiary/aromatic N) is 3. The number of anilines is 1. The molecule has 0 amide bonds. The Balaban J connectivity index is 1.26. The third-order valence-corrected chi connectivity index (χ3v) is 8.04. The highest BCUT2D eigenvalue weighted by atomic mass is 32.2. The van der Waals surface area contributed by atoms with Gasteiger partial charge in [0.25, 0.3) is 0 Å². The molecule has 4 aromatic rings. The number of hydrogen-bond acceptors (Lipinski definition) is 9. The fraction of sp³-hybridized carbons (Fsp3) is 0.292. The summed E-state index contributed by atoms with van der Waals surface area (Å²) in [6, 6.07) is 14.6. The molecule has 0 bridgehead atoms. The number of methoxy groups -OCH3 is 2. The van der Waals surface area contributed by atoms with E-state index in [9.17, 15) is 0 Å². The minimum Gasteiger partial charge on any atom is -0.493 e. The lowest BCUT2D eigenvalue weighted by Gasteiger charge is -2.09. The second kappa shape index (κ2) is 11.5. The summed E-state index contributed by atoms with van der Waals surface area (Å²) in [7, 11) is 3.29. The maximum Gasteiger partial charge on any atom is 0.206 e. The average Bonchev–Trinajstić information content (AvgIpc) is 3.52. The van der Waals surface area contributed by atoms with E-state index in [0.29, 0.717) is 0 Å². The number of thioether (sulfide) groups is 1. The molecule has 0 atom stereocenters. The molecule has 2 heterocycles. The summed E-state index contributed by atoms with van der Waals surface area (Å²) < 4.78 is 11.6. The van der Waals surface area contributed by atoms with Crippen LogP contribution in [0, 0.1) is 0 Å². The third-order valence-electron chi connectivity index (χ3n) is 5.05. The summed E-state index contributed by atoms with van der Waals surface area (Å²) >= 11 is 4.92. The summed E-state index contributed by atoms with van der Waals surface area (Å²) in [5.41, 5.74) is 4.75. The standard InChI is InChI=1S/C24H26N4O2S3/c1-4-16-5-8-18(9-6-16)22-26-19(14-31-22)15-32-24-28-27-23(33-24)25-12-11-17-7-10-20(29-2)21(13-17)30-3/h5-10,13-14H,4,11-12,15H2,1-3H3,(H,25,27). The van der Waals surface area contributed by atoms with Crippen molar-refractivity contribution in [1.82, 2.24) is 15.2 Å². The number of rotatable bonds is 11. The molecule has 0 aliphatic rings. The third kappa shape index (κ3) is 6.25. The van der Waals surface area contributed by atoms with Gasteiger partial charge in [-0.25, -0.2) is 4.98 Å². The Morgan fingerprint density at radius 2 is 1.76 bits per heavy atom. The molecule has 0 fully saturated rings. The first-order chi connectivity index (χ1) is 16.2. The molecule has 0 saturated heterocycles. The highest BCUT2D eigenvalue weighted by Crippen LogP contribution is 2.31. The molecular weight excluding hydrogens is 472 g/mol. The molecule has 2 aromatic carbocycles. The predicted molar refractivity (Wildman–Crippen MR) is 138 cm³/mol. The highest BCUT2D eigenvalue weighted by Gasteiger charge is 2.09. The van der Waals surface area contributed by atoms with Gasteiger partial charge in [-0.05, 0) is 36.1 Å². The molecule has 0 saturated carbocycles. The lowest BCUT2D eigenvalue weighted by molar-refractivity contribution is 0.354. The van der Waals surface area contributed by atoms with Crippen LogP contribution in [-0.2, 0) is 18.6 Å². The van der Waals surface area contributed by atoms with Gasteiger partial charge in [0.1, 0.15) is 5.01 Å². The summed E-state index contributed by atoms with van der Waals surface area (Å²) in [6.07, 6.45) is 1.90. The minimum absolute atomic E-state index is 0.738. The number of benzene rings is 2. The molecule has 33 heavy (non-hydrogen) atoms. The van der Waals surface area contributed by atoms with Crippen molar-refractivity contribution in [2.24, 2.45) is 0 Å². The molecule has 2 aromatic heterocycles. The molecule has 6 nitrogen and oxygen atoms in total. The van der Waals surface area contributed by atoms with Gasteiger partial charge >= 0.3 is 0 Å². The van der Waals surface area contributed by atoms with Gasteiger partial charge in [0.2, 0.25) is 5.13 Å². The van der Waals surface area contributed by atoms with Gasteiger partial charge in [-0.15, -0.1) is 21.5 Å². The number of hydrogen-bond donors (Lipinski definition) is 1. The maximum atomic E-state index is 5.37. The molecule has 4 rings (SSSR count). The first-order valence-corrected chi connectivity index (χ1v) is 13.3. The minimum atomic E-state index is 0.738. The SMILES string of the molecule is CCc1ccc(-c2nc(CSc3nnc(NCCc4ccc(OC)c(OC)c4)s3)cs2)cc1. The average molecular weight is 499 g/mol. The van der Waals surface area contributed by atoms with Gasteiger partial charge in [0.05, 0.1) is 19.9 Å². The summed E-state index contributed by atoms with van der Waals surface area (Å²) in [5, 5.41) is 15.9. The first kappa shape index (κ1) is 23.5. The van der Waals surface area contributed by atoms with Crippen molar-refractivity contribution in [3.8, 4) is 22.1 Å². The quantitative estimate of drug-likeness (QED) is 0.247. The smallest absolute Gasteiger partial charge is 0.206 e. The highest BCUT2D eigenvalue weighted by molar-refractivity contribution is 8.00. The van der Waals surface area contributed by atoms with E-state index in [1.165, 1.54) is 16.7 Å². The van der Waals surface area contributed by atoms with E-state index in [2.05, 4.69) is 52.1 Å². The van der Waals surface area contributed by atoms with Gasteiger partial charge < -0.3 is 14.8 Å². The van der Waals surface area contributed by atoms with Gasteiger partial charge in [0.15, 0.2) is 15.8 Å². The van der Waals surface area contributed by atoms with Crippen LogP contribution in [0.25, 0.3) is 10.6 Å². The first-order valence-electron chi connectivity index (χ1n) is 10.6. The molecular formula is C24H26N4O2S3. The van der Waals surface area contributed by atoms with E-state index >= 15 is 0 Å². The van der Waals surface area contributed by atoms with Crippen LogP contribution in [0.4, 0.5) is 5.13 Å². The normalized spacial score (nSPS) is 10.9. The zero-order valence-electron chi connectivity index (χ0n) is 18.8. The van der Waals surface area contributed by atoms with Crippen LogP contribution in [0.3, 0.4) is 0 Å². The predicted octanol–water partition coefficient (Wildman–Crippen LogP) is 6.19. The number of nitrogens with one attached hydrogen (secondary N) is 1. The van der Waals surface area contributed by atoms with E-state index in [1.807, 2.05) is 18.2 Å². The van der Waals surface area contributed by atoms with Crippen molar-refractivity contribution < 1.29 is 9.47 Å².